The number of hydrogen-bond acceptors (Lipinski definition) is 7. The number of ether oxygens (including phenoxy) is 4. The molecule has 0 N–H and O–H groups in total. The zero-order chi connectivity index (χ0) is 21.5. The van der Waals surface area contributed by atoms with E-state index in [0.29, 0.717) is 57.4 Å². The lowest BCUT2D eigenvalue weighted by molar-refractivity contribution is -0.137. The quantitative estimate of drug-likeness (QED) is 0.634. The van der Waals surface area contributed by atoms with Crippen molar-refractivity contribution in [3.63, 3.8) is 0 Å². The molecule has 1 saturated heterocycles. The van der Waals surface area contributed by atoms with E-state index in [9.17, 15) is 4.79 Å². The van der Waals surface area contributed by atoms with Gasteiger partial charge in [-0.3, -0.25) is 4.79 Å². The first-order valence-corrected chi connectivity index (χ1v) is 10.3. The number of oxime groups is 1. The molecule has 0 spiro atoms. The van der Waals surface area contributed by atoms with Crippen LogP contribution in [0.2, 0.25) is 0 Å². The SMILES string of the molecule is COc1ccc(CO/N=C2\CCOc3cc(OCC(=O)N4CCOCC4)ccc32)cc1. The number of morpholine rings is 1. The molecule has 0 unspecified atom stereocenters. The second-order valence-corrected chi connectivity index (χ2v) is 7.20. The Labute approximate surface area is 181 Å². The molecule has 0 saturated carbocycles. The Kier molecular flexibility index (Phi) is 6.89. The van der Waals surface area contributed by atoms with Gasteiger partial charge in [-0.15, -0.1) is 0 Å². The monoisotopic (exact) mass is 426 g/mol. The van der Waals surface area contributed by atoms with E-state index in [1.807, 2.05) is 36.4 Å². The Bertz CT molecular complexity index is 922. The molecule has 2 aromatic carbocycles. The summed E-state index contributed by atoms with van der Waals surface area (Å²) in [6.07, 6.45) is 0.658. The summed E-state index contributed by atoms with van der Waals surface area (Å²) in [7, 11) is 1.64. The molecular weight excluding hydrogens is 400 g/mol. The van der Waals surface area contributed by atoms with Gasteiger partial charge in [0, 0.05) is 31.1 Å². The van der Waals surface area contributed by atoms with Crippen molar-refractivity contribution in [3.05, 3.63) is 53.6 Å². The standard InChI is InChI=1S/C23H26N2O6/c1-27-18-4-2-17(3-5-18)15-31-24-21-8-11-29-22-14-19(6-7-20(21)22)30-16-23(26)25-9-12-28-13-10-25/h2-7,14H,8-13,15-16H2,1H3/b24-21+. The lowest BCUT2D eigenvalue weighted by Gasteiger charge is -2.26. The summed E-state index contributed by atoms with van der Waals surface area (Å²) in [5.41, 5.74) is 2.70. The molecule has 1 fully saturated rings. The molecule has 4 rings (SSSR count). The summed E-state index contributed by atoms with van der Waals surface area (Å²) in [6, 6.07) is 13.2. The maximum Gasteiger partial charge on any atom is 0.260 e. The van der Waals surface area contributed by atoms with Crippen LogP contribution in [0.25, 0.3) is 0 Å². The van der Waals surface area contributed by atoms with Crippen LogP contribution < -0.4 is 14.2 Å². The summed E-state index contributed by atoms with van der Waals surface area (Å²) in [4.78, 5) is 19.6. The molecule has 2 heterocycles. The number of carbonyl (C=O) groups excluding carboxylic acids is 1. The summed E-state index contributed by atoms with van der Waals surface area (Å²) < 4.78 is 21.9. The Balaban J connectivity index is 1.34. The van der Waals surface area contributed by atoms with Gasteiger partial charge in [0.1, 0.15) is 23.9 Å². The van der Waals surface area contributed by atoms with Gasteiger partial charge in [0.2, 0.25) is 0 Å². The molecule has 8 heteroatoms. The van der Waals surface area contributed by atoms with Crippen molar-refractivity contribution in [1.29, 1.82) is 0 Å². The highest BCUT2D eigenvalue weighted by molar-refractivity contribution is 6.03. The van der Waals surface area contributed by atoms with Crippen LogP contribution in [0.1, 0.15) is 17.5 Å². The van der Waals surface area contributed by atoms with Crippen LogP contribution >= 0.6 is 0 Å². The van der Waals surface area contributed by atoms with Crippen molar-refractivity contribution in [2.45, 2.75) is 13.0 Å². The third kappa shape index (κ3) is 5.46. The number of hydrogen-bond donors (Lipinski definition) is 0. The first-order chi connectivity index (χ1) is 15.2. The largest absolute Gasteiger partial charge is 0.497 e. The van der Waals surface area contributed by atoms with Gasteiger partial charge in [0.05, 0.1) is 32.6 Å². The van der Waals surface area contributed by atoms with E-state index in [-0.39, 0.29) is 12.5 Å². The maximum absolute atomic E-state index is 12.3. The first kappa shape index (κ1) is 21.0. The molecule has 31 heavy (non-hydrogen) atoms. The van der Waals surface area contributed by atoms with Gasteiger partial charge in [-0.05, 0) is 29.8 Å². The molecule has 2 aliphatic heterocycles. The Hall–Kier alpha value is -3.26. The highest BCUT2D eigenvalue weighted by atomic mass is 16.6. The molecule has 2 aliphatic rings. The number of methoxy groups -OCH3 is 1. The summed E-state index contributed by atoms with van der Waals surface area (Å²) in [6.45, 7) is 3.22. The Morgan fingerprint density at radius 3 is 2.61 bits per heavy atom. The molecule has 0 bridgehead atoms. The number of rotatable bonds is 7. The average molecular weight is 426 g/mol. The van der Waals surface area contributed by atoms with E-state index in [4.69, 9.17) is 23.8 Å². The number of fused-ring (bicyclic) bond motifs is 1. The van der Waals surface area contributed by atoms with Crippen molar-refractivity contribution < 1.29 is 28.6 Å². The predicted octanol–water partition coefficient (Wildman–Crippen LogP) is 2.64. The highest BCUT2D eigenvalue weighted by Crippen LogP contribution is 2.30. The lowest BCUT2D eigenvalue weighted by Crippen LogP contribution is -2.42. The topological polar surface area (TPSA) is 78.8 Å². The van der Waals surface area contributed by atoms with Crippen LogP contribution in [-0.2, 0) is 21.0 Å². The van der Waals surface area contributed by atoms with Crippen molar-refractivity contribution >= 4 is 11.6 Å². The predicted molar refractivity (Wildman–Crippen MR) is 114 cm³/mol. The van der Waals surface area contributed by atoms with Crippen molar-refractivity contribution in [2.24, 2.45) is 5.16 Å². The molecular formula is C23H26N2O6. The summed E-state index contributed by atoms with van der Waals surface area (Å²) in [5, 5.41) is 4.32. The number of benzene rings is 2. The maximum atomic E-state index is 12.3. The molecule has 0 aliphatic carbocycles. The van der Waals surface area contributed by atoms with E-state index < -0.39 is 0 Å². The van der Waals surface area contributed by atoms with Gasteiger partial charge in [-0.25, -0.2) is 0 Å². The van der Waals surface area contributed by atoms with Crippen LogP contribution in [0.15, 0.2) is 47.6 Å². The van der Waals surface area contributed by atoms with E-state index in [2.05, 4.69) is 5.16 Å². The fourth-order valence-corrected chi connectivity index (χ4v) is 3.39. The van der Waals surface area contributed by atoms with E-state index in [0.717, 1.165) is 22.6 Å². The Morgan fingerprint density at radius 2 is 1.84 bits per heavy atom. The molecule has 8 nitrogen and oxygen atoms in total. The first-order valence-electron chi connectivity index (χ1n) is 10.3. The van der Waals surface area contributed by atoms with Crippen LogP contribution in [0, 0.1) is 0 Å². The molecule has 164 valence electrons. The molecule has 0 atom stereocenters. The summed E-state index contributed by atoms with van der Waals surface area (Å²) in [5.74, 6) is 2.02. The van der Waals surface area contributed by atoms with Gasteiger partial charge in [-0.2, -0.15) is 0 Å². The van der Waals surface area contributed by atoms with Gasteiger partial charge >= 0.3 is 0 Å². The minimum Gasteiger partial charge on any atom is -0.497 e. The second kappa shape index (κ2) is 10.2. The zero-order valence-corrected chi connectivity index (χ0v) is 17.5. The fourth-order valence-electron chi connectivity index (χ4n) is 3.39. The van der Waals surface area contributed by atoms with Gasteiger partial charge in [0.25, 0.3) is 5.91 Å². The Morgan fingerprint density at radius 1 is 1.06 bits per heavy atom. The lowest BCUT2D eigenvalue weighted by atomic mass is 10.0. The fraction of sp³-hybridized carbons (Fsp3) is 0.391. The minimum absolute atomic E-state index is 0.00922. The zero-order valence-electron chi connectivity index (χ0n) is 17.5. The van der Waals surface area contributed by atoms with Crippen LogP contribution in [0.5, 0.6) is 17.2 Å². The van der Waals surface area contributed by atoms with E-state index in [1.165, 1.54) is 0 Å². The van der Waals surface area contributed by atoms with Gasteiger partial charge in [0.15, 0.2) is 6.61 Å². The number of carbonyl (C=O) groups is 1. The van der Waals surface area contributed by atoms with E-state index in [1.54, 1.807) is 18.1 Å². The van der Waals surface area contributed by atoms with Crippen LogP contribution in [0.4, 0.5) is 0 Å². The average Bonchev–Trinajstić information content (AvgIpc) is 2.83. The third-order valence-corrected chi connectivity index (χ3v) is 5.15. The van der Waals surface area contributed by atoms with Gasteiger partial charge in [-0.1, -0.05) is 17.3 Å². The molecule has 0 radical (unpaired) electrons. The van der Waals surface area contributed by atoms with E-state index >= 15 is 0 Å². The molecule has 1 amide bonds. The minimum atomic E-state index is -0.0453. The van der Waals surface area contributed by atoms with Crippen LogP contribution in [-0.4, -0.2) is 63.1 Å². The van der Waals surface area contributed by atoms with Crippen molar-refractivity contribution in [3.8, 4) is 17.2 Å². The third-order valence-electron chi connectivity index (χ3n) is 5.15. The number of amides is 1. The normalized spacial score (nSPS) is 16.9. The molecule has 2 aromatic rings. The smallest absolute Gasteiger partial charge is 0.260 e. The van der Waals surface area contributed by atoms with Crippen molar-refractivity contribution in [2.75, 3.05) is 46.6 Å². The second-order valence-electron chi connectivity index (χ2n) is 7.20. The summed E-state index contributed by atoms with van der Waals surface area (Å²) >= 11 is 0. The van der Waals surface area contributed by atoms with Crippen LogP contribution in [0.3, 0.4) is 0 Å². The van der Waals surface area contributed by atoms with Gasteiger partial charge < -0.3 is 28.7 Å². The number of nitrogens with zero attached hydrogens (tertiary/aromatic N) is 2. The highest BCUT2D eigenvalue weighted by Gasteiger charge is 2.20. The van der Waals surface area contributed by atoms with Crippen molar-refractivity contribution in [1.82, 2.24) is 4.90 Å². The molecule has 0 aromatic heterocycles.